The first kappa shape index (κ1) is 20.3. The smallest absolute Gasteiger partial charge is 0.212 e. The van der Waals surface area contributed by atoms with Gasteiger partial charge in [0.15, 0.2) is 0 Å². The van der Waals surface area contributed by atoms with Crippen molar-refractivity contribution in [2.75, 3.05) is 6.61 Å². The summed E-state index contributed by atoms with van der Waals surface area (Å²) in [6, 6.07) is 14.0. The average molecular weight is 375 g/mol. The van der Waals surface area contributed by atoms with E-state index >= 15 is 0 Å². The second kappa shape index (κ2) is 9.08. The van der Waals surface area contributed by atoms with Crippen LogP contribution in [0.4, 0.5) is 0 Å². The van der Waals surface area contributed by atoms with Gasteiger partial charge in [-0.1, -0.05) is 61.3 Å². The minimum Gasteiger partial charge on any atom is -0.396 e. The molecule has 2 atom stereocenters. The predicted molar refractivity (Wildman–Crippen MR) is 107 cm³/mol. The van der Waals surface area contributed by atoms with Crippen molar-refractivity contribution in [3.63, 3.8) is 0 Å². The summed E-state index contributed by atoms with van der Waals surface area (Å²) < 4.78 is 0. The minimum atomic E-state index is -0.0145. The van der Waals surface area contributed by atoms with E-state index in [2.05, 4.69) is 6.07 Å². The molecule has 0 aliphatic heterocycles. The molecule has 0 aromatic heterocycles. The van der Waals surface area contributed by atoms with Gasteiger partial charge in [-0.25, -0.2) is 0 Å². The monoisotopic (exact) mass is 374 g/mol. The van der Waals surface area contributed by atoms with Gasteiger partial charge in [-0.3, -0.25) is 0 Å². The molecule has 0 spiro atoms. The highest BCUT2D eigenvalue weighted by molar-refractivity contribution is 6.30. The lowest BCUT2D eigenvalue weighted by atomic mass is 9.78. The van der Waals surface area contributed by atoms with Gasteiger partial charge in [0.25, 0.3) is 0 Å². The van der Waals surface area contributed by atoms with Gasteiger partial charge in [0.1, 0.15) is 0 Å². The highest BCUT2D eigenvalue weighted by atomic mass is 35.5. The zero-order chi connectivity index (χ0) is 19.3. The Bertz CT molecular complexity index is 772. The normalized spacial score (nSPS) is 14.5. The Balaban J connectivity index is 2.72. The number of nitrogens with two attached hydrogens (primary N) is 2. The maximum atomic E-state index is 9.89. The minimum absolute atomic E-state index is 0.00912. The van der Waals surface area contributed by atoms with E-state index < -0.39 is 0 Å². The van der Waals surface area contributed by atoms with Crippen LogP contribution in [-0.4, -0.2) is 11.7 Å². The van der Waals surface area contributed by atoms with Crippen LogP contribution >= 0.6 is 11.6 Å². The Kier molecular flexibility index (Phi) is 7.09. The summed E-state index contributed by atoms with van der Waals surface area (Å²) in [6.45, 7) is 6.16. The maximum absolute atomic E-state index is 9.89. The number of halogens is 1. The van der Waals surface area contributed by atoms with Gasteiger partial charge in [0, 0.05) is 23.1 Å². The number of aryl methyl sites for hydroxylation is 1. The Morgan fingerprint density at radius 1 is 1.19 bits per heavy atom. The van der Waals surface area contributed by atoms with Crippen LogP contribution in [0.2, 0.25) is 5.02 Å². The molecule has 0 radical (unpaired) electrons. The summed E-state index contributed by atoms with van der Waals surface area (Å²) in [4.78, 5) is 4.82. The van der Waals surface area contributed by atoms with Crippen molar-refractivity contribution >= 4 is 17.2 Å². The van der Waals surface area contributed by atoms with E-state index in [0.29, 0.717) is 11.4 Å². The molecule has 26 heavy (non-hydrogen) atoms. The lowest BCUT2D eigenvalue weighted by Crippen LogP contribution is -2.18. The first-order chi connectivity index (χ1) is 12.4. The standard InChI is InChI=1S/C21H27ClN2O2/c1-4-17(21(23)26-24)18-10-5-13(2)11-19(18)20(14(3)12-25)15-6-8-16(22)9-7-15/h5-11,14,20,25H,4,12,23-24H2,1-3H3/b21-17+. The van der Waals surface area contributed by atoms with Crippen LogP contribution in [0.15, 0.2) is 48.3 Å². The van der Waals surface area contributed by atoms with E-state index in [1.54, 1.807) is 0 Å². The van der Waals surface area contributed by atoms with Gasteiger partial charge in [0.05, 0.1) is 0 Å². The fourth-order valence-corrected chi connectivity index (χ4v) is 3.50. The predicted octanol–water partition coefficient (Wildman–Crippen LogP) is 4.34. The third kappa shape index (κ3) is 4.39. The van der Waals surface area contributed by atoms with Gasteiger partial charge in [-0.15, -0.1) is 0 Å². The zero-order valence-corrected chi connectivity index (χ0v) is 16.3. The second-order valence-corrected chi connectivity index (χ2v) is 7.03. The van der Waals surface area contributed by atoms with E-state index in [1.807, 2.05) is 57.2 Å². The molecule has 2 unspecified atom stereocenters. The van der Waals surface area contributed by atoms with Crippen LogP contribution in [0, 0.1) is 12.8 Å². The van der Waals surface area contributed by atoms with E-state index in [0.717, 1.165) is 27.8 Å². The molecule has 0 saturated carbocycles. The number of rotatable bonds is 7. The van der Waals surface area contributed by atoms with Gasteiger partial charge in [-0.05, 0) is 48.1 Å². The fraction of sp³-hybridized carbons (Fsp3) is 0.333. The van der Waals surface area contributed by atoms with Crippen LogP contribution in [0.3, 0.4) is 0 Å². The van der Waals surface area contributed by atoms with Crippen molar-refractivity contribution in [3.05, 3.63) is 75.6 Å². The summed E-state index contributed by atoms with van der Waals surface area (Å²) in [5.41, 5.74) is 11.2. The van der Waals surface area contributed by atoms with Crippen LogP contribution < -0.4 is 11.6 Å². The molecule has 0 heterocycles. The van der Waals surface area contributed by atoms with Crippen LogP contribution in [0.25, 0.3) is 5.57 Å². The van der Waals surface area contributed by atoms with Gasteiger partial charge in [0.2, 0.25) is 5.88 Å². The molecule has 5 N–H and O–H groups in total. The Morgan fingerprint density at radius 3 is 2.38 bits per heavy atom. The highest BCUT2D eigenvalue weighted by Gasteiger charge is 2.25. The molecule has 140 valence electrons. The number of aliphatic hydroxyl groups excluding tert-OH is 1. The summed E-state index contributed by atoms with van der Waals surface area (Å²) in [6.07, 6.45) is 0.680. The molecular weight excluding hydrogens is 348 g/mol. The number of hydrogen-bond acceptors (Lipinski definition) is 4. The van der Waals surface area contributed by atoms with E-state index in [1.165, 1.54) is 0 Å². The molecule has 2 rings (SSSR count). The number of benzene rings is 2. The van der Waals surface area contributed by atoms with Crippen LogP contribution in [-0.2, 0) is 4.84 Å². The number of aliphatic hydroxyl groups is 1. The molecule has 0 fully saturated rings. The number of hydrogen-bond donors (Lipinski definition) is 3. The molecule has 0 saturated heterocycles. The van der Waals surface area contributed by atoms with Gasteiger partial charge >= 0.3 is 0 Å². The summed E-state index contributed by atoms with van der Waals surface area (Å²) in [5, 5.41) is 10.6. The topological polar surface area (TPSA) is 81.5 Å². The molecule has 2 aromatic rings. The summed E-state index contributed by atoms with van der Waals surface area (Å²) in [7, 11) is 0. The van der Waals surface area contributed by atoms with Crippen molar-refractivity contribution in [3.8, 4) is 0 Å². The molecule has 0 aliphatic rings. The highest BCUT2D eigenvalue weighted by Crippen LogP contribution is 2.38. The molecule has 0 aliphatic carbocycles. The van der Waals surface area contributed by atoms with Crippen LogP contribution in [0.1, 0.15) is 48.4 Å². The maximum Gasteiger partial charge on any atom is 0.212 e. The third-order valence-corrected chi connectivity index (χ3v) is 4.98. The van der Waals surface area contributed by atoms with Crippen molar-refractivity contribution in [1.29, 1.82) is 0 Å². The van der Waals surface area contributed by atoms with Gasteiger partial charge in [-0.2, -0.15) is 5.90 Å². The first-order valence-electron chi connectivity index (χ1n) is 8.75. The lowest BCUT2D eigenvalue weighted by Gasteiger charge is -2.27. The Labute approximate surface area is 160 Å². The number of allylic oxidation sites excluding steroid dienone is 1. The molecule has 0 amide bonds. The van der Waals surface area contributed by atoms with Crippen LogP contribution in [0.5, 0.6) is 0 Å². The zero-order valence-electron chi connectivity index (χ0n) is 15.5. The lowest BCUT2D eigenvalue weighted by molar-refractivity contribution is 0.218. The molecule has 4 nitrogen and oxygen atoms in total. The fourth-order valence-electron chi connectivity index (χ4n) is 3.37. The van der Waals surface area contributed by atoms with Crippen molar-refractivity contribution < 1.29 is 9.94 Å². The van der Waals surface area contributed by atoms with Gasteiger partial charge < -0.3 is 15.7 Å². The third-order valence-electron chi connectivity index (χ3n) is 4.73. The molecular formula is C21H27ClN2O2. The van der Waals surface area contributed by atoms with E-state index in [9.17, 15) is 5.11 Å². The summed E-state index contributed by atoms with van der Waals surface area (Å²) in [5.74, 6) is 5.52. The Hall–Kier alpha value is -2.01. The first-order valence-corrected chi connectivity index (χ1v) is 9.13. The van der Waals surface area contributed by atoms with Crippen molar-refractivity contribution in [2.45, 2.75) is 33.1 Å². The second-order valence-electron chi connectivity index (χ2n) is 6.59. The van der Waals surface area contributed by atoms with E-state index in [4.69, 9.17) is 28.1 Å². The Morgan fingerprint density at radius 2 is 1.85 bits per heavy atom. The SMILES string of the molecule is CC/C(=C(/N)ON)c1ccc(C)cc1C(c1ccc(Cl)cc1)C(C)CO. The quantitative estimate of drug-likeness (QED) is 0.497. The largest absolute Gasteiger partial charge is 0.396 e. The molecule has 0 bridgehead atoms. The molecule has 5 heteroatoms. The van der Waals surface area contributed by atoms with Crippen molar-refractivity contribution in [1.82, 2.24) is 0 Å². The average Bonchev–Trinajstić information content (AvgIpc) is 2.65. The van der Waals surface area contributed by atoms with E-state index in [-0.39, 0.29) is 24.3 Å². The molecule has 2 aromatic carbocycles. The summed E-state index contributed by atoms with van der Waals surface area (Å²) >= 11 is 6.06. The van der Waals surface area contributed by atoms with Crippen molar-refractivity contribution in [2.24, 2.45) is 17.5 Å².